The highest BCUT2D eigenvalue weighted by molar-refractivity contribution is 7.80. The molecule has 0 atom stereocenters. The normalized spacial score (nSPS) is 11.3. The van der Waals surface area contributed by atoms with Crippen LogP contribution in [-0.2, 0) is 11.3 Å². The number of nitrogens with zero attached hydrogens (tertiary/aromatic N) is 1. The van der Waals surface area contributed by atoms with E-state index in [0.29, 0.717) is 24.4 Å². The highest BCUT2D eigenvalue weighted by Crippen LogP contribution is 2.31. The largest absolute Gasteiger partial charge is 0.392 e. The molecule has 1 heterocycles. The molecule has 0 aliphatic carbocycles. The molecule has 20 heavy (non-hydrogen) atoms. The topological polar surface area (TPSA) is 68.0 Å². The van der Waals surface area contributed by atoms with Gasteiger partial charge in [0, 0.05) is 4.88 Å². The first-order chi connectivity index (χ1) is 9.47. The van der Waals surface area contributed by atoms with Crippen molar-refractivity contribution in [2.45, 2.75) is 53.0 Å². The Balaban J connectivity index is 2.82. The fraction of sp³-hybridized carbons (Fsp3) is 0.643. The third-order valence-electron chi connectivity index (χ3n) is 3.51. The second-order valence-electron chi connectivity index (χ2n) is 4.99. The number of thiazole rings is 1. The lowest BCUT2D eigenvalue weighted by Gasteiger charge is -2.31. The van der Waals surface area contributed by atoms with Crippen LogP contribution >= 0.6 is 23.6 Å². The Morgan fingerprint density at radius 3 is 2.45 bits per heavy atom. The lowest BCUT2D eigenvalue weighted by molar-refractivity contribution is -0.128. The number of aromatic nitrogens is 1. The first kappa shape index (κ1) is 17.0. The molecule has 0 aromatic carbocycles. The van der Waals surface area contributed by atoms with Crippen molar-refractivity contribution in [2.75, 3.05) is 0 Å². The van der Waals surface area contributed by atoms with Gasteiger partial charge >= 0.3 is 0 Å². The summed E-state index contributed by atoms with van der Waals surface area (Å²) in [4.78, 5) is 18.2. The highest BCUT2D eigenvalue weighted by Gasteiger charge is 2.39. The average molecular weight is 313 g/mol. The number of hydrogen-bond donors (Lipinski definition) is 2. The second kappa shape index (κ2) is 7.69. The lowest BCUT2D eigenvalue weighted by Crippen LogP contribution is -2.48. The third-order valence-corrected chi connectivity index (χ3v) is 4.84. The van der Waals surface area contributed by atoms with Crippen molar-refractivity contribution >= 4 is 34.5 Å². The van der Waals surface area contributed by atoms with Gasteiger partial charge in [0.25, 0.3) is 0 Å². The van der Waals surface area contributed by atoms with Crippen LogP contribution in [-0.4, -0.2) is 15.9 Å². The summed E-state index contributed by atoms with van der Waals surface area (Å²) in [5.74, 6) is -0.0542. The summed E-state index contributed by atoms with van der Waals surface area (Å²) >= 11 is 6.73. The van der Waals surface area contributed by atoms with Gasteiger partial charge in [-0.25, -0.2) is 4.98 Å². The number of thiocarbonyl (C=S) groups is 1. The van der Waals surface area contributed by atoms with E-state index in [9.17, 15) is 4.79 Å². The van der Waals surface area contributed by atoms with E-state index < -0.39 is 5.41 Å². The van der Waals surface area contributed by atoms with Gasteiger partial charge in [0.05, 0.1) is 28.2 Å². The van der Waals surface area contributed by atoms with E-state index in [0.717, 1.165) is 23.4 Å². The summed E-state index contributed by atoms with van der Waals surface area (Å²) in [6.07, 6.45) is 3.15. The van der Waals surface area contributed by atoms with Gasteiger partial charge in [0.15, 0.2) is 0 Å². The first-order valence-electron chi connectivity index (χ1n) is 6.95. The lowest BCUT2D eigenvalue weighted by atomic mass is 9.78. The van der Waals surface area contributed by atoms with Crippen molar-refractivity contribution in [1.29, 1.82) is 0 Å². The van der Waals surface area contributed by atoms with Crippen LogP contribution in [0.1, 0.15) is 50.1 Å². The predicted molar refractivity (Wildman–Crippen MR) is 87.7 cm³/mol. The van der Waals surface area contributed by atoms with Crippen LogP contribution in [0.5, 0.6) is 0 Å². The Labute approximate surface area is 130 Å². The molecular weight excluding hydrogens is 290 g/mol. The maximum absolute atomic E-state index is 12.6. The summed E-state index contributed by atoms with van der Waals surface area (Å²) < 4.78 is 0. The Morgan fingerprint density at radius 1 is 1.45 bits per heavy atom. The van der Waals surface area contributed by atoms with Crippen LogP contribution < -0.4 is 11.1 Å². The molecule has 0 saturated carbocycles. The van der Waals surface area contributed by atoms with E-state index in [-0.39, 0.29) is 5.91 Å². The van der Waals surface area contributed by atoms with Gasteiger partial charge < -0.3 is 11.1 Å². The number of nitrogens with one attached hydrogen (secondary N) is 1. The van der Waals surface area contributed by atoms with Crippen molar-refractivity contribution in [3.05, 3.63) is 16.1 Å². The smallest absolute Gasteiger partial charge is 0.233 e. The van der Waals surface area contributed by atoms with Crippen molar-refractivity contribution in [1.82, 2.24) is 10.3 Å². The van der Waals surface area contributed by atoms with Crippen molar-refractivity contribution in [3.8, 4) is 0 Å². The number of hydrogen-bond acceptors (Lipinski definition) is 4. The average Bonchev–Trinajstić information content (AvgIpc) is 2.80. The molecule has 0 bridgehead atoms. The highest BCUT2D eigenvalue weighted by atomic mass is 32.1. The molecule has 1 aromatic heterocycles. The summed E-state index contributed by atoms with van der Waals surface area (Å²) in [5.41, 5.74) is 7.92. The minimum atomic E-state index is -0.711. The van der Waals surface area contributed by atoms with Crippen LogP contribution in [0.2, 0.25) is 0 Å². The summed E-state index contributed by atoms with van der Waals surface area (Å²) in [5, 5.41) is 2.98. The fourth-order valence-electron chi connectivity index (χ4n) is 2.39. The van der Waals surface area contributed by atoms with Gasteiger partial charge in [-0.2, -0.15) is 0 Å². The molecule has 0 aliphatic heterocycles. The number of carbonyl (C=O) groups excluding carboxylic acids is 1. The number of aryl methyl sites for hydroxylation is 1. The maximum atomic E-state index is 12.6. The SMILES string of the molecule is CCCC(CCC)(C(=O)NCc1scnc1C)C(N)=S. The minimum absolute atomic E-state index is 0.0542. The molecule has 1 aromatic rings. The number of rotatable bonds is 8. The molecular formula is C14H23N3OS2. The molecule has 0 saturated heterocycles. The van der Waals surface area contributed by atoms with E-state index in [1.165, 1.54) is 0 Å². The molecule has 3 N–H and O–H groups in total. The van der Waals surface area contributed by atoms with E-state index in [1.54, 1.807) is 16.8 Å². The molecule has 4 nitrogen and oxygen atoms in total. The van der Waals surface area contributed by atoms with Gasteiger partial charge in [-0.3, -0.25) is 4.79 Å². The predicted octanol–water partition coefficient (Wildman–Crippen LogP) is 2.94. The Bertz CT molecular complexity index is 465. The molecule has 0 aliphatic rings. The molecule has 0 spiro atoms. The molecule has 0 radical (unpaired) electrons. The summed E-state index contributed by atoms with van der Waals surface area (Å²) in [6.45, 7) is 6.52. The van der Waals surface area contributed by atoms with Crippen LogP contribution in [0.25, 0.3) is 0 Å². The molecule has 0 fully saturated rings. The van der Waals surface area contributed by atoms with Crippen LogP contribution in [0.3, 0.4) is 0 Å². The maximum Gasteiger partial charge on any atom is 0.233 e. The van der Waals surface area contributed by atoms with Gasteiger partial charge in [-0.05, 0) is 19.8 Å². The monoisotopic (exact) mass is 313 g/mol. The van der Waals surface area contributed by atoms with Crippen LogP contribution in [0.15, 0.2) is 5.51 Å². The standard InChI is InChI=1S/C14H23N3OS2/c1-4-6-14(7-5-2,12(15)19)13(18)16-8-11-10(3)17-9-20-11/h9H,4-8H2,1-3H3,(H2,15,19)(H,16,18). The quantitative estimate of drug-likeness (QED) is 0.724. The van der Waals surface area contributed by atoms with Crippen molar-refractivity contribution in [3.63, 3.8) is 0 Å². The van der Waals surface area contributed by atoms with E-state index >= 15 is 0 Å². The Kier molecular flexibility index (Phi) is 6.55. The molecule has 1 amide bonds. The van der Waals surface area contributed by atoms with E-state index in [2.05, 4.69) is 10.3 Å². The third kappa shape index (κ3) is 3.76. The number of amides is 1. The number of carbonyl (C=O) groups is 1. The molecule has 1 rings (SSSR count). The van der Waals surface area contributed by atoms with E-state index in [1.807, 2.05) is 20.8 Å². The van der Waals surface area contributed by atoms with Crippen LogP contribution in [0, 0.1) is 12.3 Å². The van der Waals surface area contributed by atoms with Gasteiger partial charge in [0.2, 0.25) is 5.91 Å². The molecule has 0 unspecified atom stereocenters. The van der Waals surface area contributed by atoms with Gasteiger partial charge in [-0.1, -0.05) is 38.9 Å². The van der Waals surface area contributed by atoms with Crippen LogP contribution in [0.4, 0.5) is 0 Å². The Morgan fingerprint density at radius 2 is 2.05 bits per heavy atom. The first-order valence-corrected chi connectivity index (χ1v) is 8.23. The van der Waals surface area contributed by atoms with Crippen molar-refractivity contribution in [2.24, 2.45) is 11.1 Å². The van der Waals surface area contributed by atoms with Gasteiger partial charge in [0.1, 0.15) is 0 Å². The number of nitrogens with two attached hydrogens (primary N) is 1. The second-order valence-corrected chi connectivity index (χ2v) is 6.37. The molecule has 6 heteroatoms. The Hall–Kier alpha value is -1.01. The van der Waals surface area contributed by atoms with Gasteiger partial charge in [-0.15, -0.1) is 11.3 Å². The zero-order chi connectivity index (χ0) is 15.2. The van der Waals surface area contributed by atoms with E-state index in [4.69, 9.17) is 18.0 Å². The zero-order valence-electron chi connectivity index (χ0n) is 12.4. The molecule has 112 valence electrons. The minimum Gasteiger partial charge on any atom is -0.392 e. The zero-order valence-corrected chi connectivity index (χ0v) is 14.0. The summed E-state index contributed by atoms with van der Waals surface area (Å²) in [6, 6.07) is 0. The van der Waals surface area contributed by atoms with Crippen molar-refractivity contribution < 1.29 is 4.79 Å². The summed E-state index contributed by atoms with van der Waals surface area (Å²) in [7, 11) is 0. The fourth-order valence-corrected chi connectivity index (χ4v) is 3.40.